The van der Waals surface area contributed by atoms with Gasteiger partial charge in [-0.25, -0.2) is 0 Å². The number of hydrogen-bond acceptors (Lipinski definition) is 4. The zero-order valence-corrected chi connectivity index (χ0v) is 15.4. The number of ether oxygens (including phenoxy) is 2. The van der Waals surface area contributed by atoms with Gasteiger partial charge in [0.15, 0.2) is 11.5 Å². The van der Waals surface area contributed by atoms with E-state index < -0.39 is 0 Å². The molecule has 0 radical (unpaired) electrons. The lowest BCUT2D eigenvalue weighted by molar-refractivity contribution is 0.350. The molecule has 0 spiro atoms. The van der Waals surface area contributed by atoms with E-state index >= 15 is 0 Å². The second-order valence-electron chi connectivity index (χ2n) is 6.11. The van der Waals surface area contributed by atoms with Crippen LogP contribution in [0.3, 0.4) is 0 Å². The van der Waals surface area contributed by atoms with Crippen LogP contribution in [-0.2, 0) is 6.54 Å². The standard InChI is InChI=1S/C22H24N2O2/c1-16(24-15-20-5-4-6-21(25-2)22(20)26-3)17-7-9-18(10-8-17)19-11-13-23-14-12-19/h4-14,16,24H,15H2,1-3H3. The summed E-state index contributed by atoms with van der Waals surface area (Å²) in [6, 6.07) is 18.8. The maximum absolute atomic E-state index is 5.50. The van der Waals surface area contributed by atoms with E-state index in [0.717, 1.165) is 17.1 Å². The van der Waals surface area contributed by atoms with Crippen molar-refractivity contribution in [2.75, 3.05) is 14.2 Å². The Labute approximate surface area is 154 Å². The Morgan fingerprint density at radius 3 is 2.23 bits per heavy atom. The van der Waals surface area contributed by atoms with Crippen LogP contribution >= 0.6 is 0 Å². The van der Waals surface area contributed by atoms with Crippen LogP contribution in [0.15, 0.2) is 67.0 Å². The van der Waals surface area contributed by atoms with Crippen molar-refractivity contribution in [2.24, 2.45) is 0 Å². The number of aromatic nitrogens is 1. The Morgan fingerprint density at radius 1 is 0.885 bits per heavy atom. The lowest BCUT2D eigenvalue weighted by Crippen LogP contribution is -2.18. The van der Waals surface area contributed by atoms with Crippen LogP contribution in [0.4, 0.5) is 0 Å². The summed E-state index contributed by atoms with van der Waals surface area (Å²) in [5.74, 6) is 1.53. The smallest absolute Gasteiger partial charge is 0.165 e. The van der Waals surface area contributed by atoms with E-state index in [2.05, 4.69) is 41.5 Å². The molecule has 0 aliphatic heterocycles. The highest BCUT2D eigenvalue weighted by atomic mass is 16.5. The van der Waals surface area contributed by atoms with E-state index in [1.165, 1.54) is 16.7 Å². The second kappa shape index (κ2) is 8.50. The summed E-state index contributed by atoms with van der Waals surface area (Å²) in [6.45, 7) is 2.86. The maximum atomic E-state index is 5.50. The minimum atomic E-state index is 0.220. The highest BCUT2D eigenvalue weighted by Gasteiger charge is 2.11. The largest absolute Gasteiger partial charge is 0.493 e. The first-order valence-electron chi connectivity index (χ1n) is 8.66. The summed E-state index contributed by atoms with van der Waals surface area (Å²) >= 11 is 0. The lowest BCUT2D eigenvalue weighted by atomic mass is 10.0. The zero-order chi connectivity index (χ0) is 18.4. The Kier molecular flexibility index (Phi) is 5.87. The van der Waals surface area contributed by atoms with Gasteiger partial charge in [-0.15, -0.1) is 0 Å². The quantitative estimate of drug-likeness (QED) is 0.677. The van der Waals surface area contributed by atoms with E-state index in [9.17, 15) is 0 Å². The molecule has 2 aromatic carbocycles. The summed E-state index contributed by atoms with van der Waals surface area (Å²) in [5.41, 5.74) is 4.68. The third kappa shape index (κ3) is 4.03. The van der Waals surface area contributed by atoms with Gasteiger partial charge in [-0.2, -0.15) is 0 Å². The highest BCUT2D eigenvalue weighted by molar-refractivity contribution is 5.63. The molecule has 1 unspecified atom stereocenters. The molecular weight excluding hydrogens is 324 g/mol. The second-order valence-corrected chi connectivity index (χ2v) is 6.11. The average Bonchev–Trinajstić information content (AvgIpc) is 2.72. The molecule has 4 nitrogen and oxygen atoms in total. The van der Waals surface area contributed by atoms with E-state index in [4.69, 9.17) is 9.47 Å². The molecule has 0 aliphatic rings. The van der Waals surface area contributed by atoms with Gasteiger partial charge in [-0.1, -0.05) is 36.4 Å². The van der Waals surface area contributed by atoms with Crippen molar-refractivity contribution in [1.82, 2.24) is 10.3 Å². The van der Waals surface area contributed by atoms with Crippen molar-refractivity contribution in [3.63, 3.8) is 0 Å². The first kappa shape index (κ1) is 18.0. The molecule has 0 fully saturated rings. The maximum Gasteiger partial charge on any atom is 0.165 e. The van der Waals surface area contributed by atoms with Crippen LogP contribution in [0, 0.1) is 0 Å². The van der Waals surface area contributed by atoms with Crippen LogP contribution in [-0.4, -0.2) is 19.2 Å². The van der Waals surface area contributed by atoms with Gasteiger partial charge in [0.1, 0.15) is 0 Å². The Bertz CT molecular complexity index is 833. The molecule has 0 aliphatic carbocycles. The monoisotopic (exact) mass is 348 g/mol. The molecule has 0 bridgehead atoms. The van der Waals surface area contributed by atoms with E-state index in [1.807, 2.05) is 42.7 Å². The third-order valence-corrected chi connectivity index (χ3v) is 4.51. The molecule has 1 heterocycles. The van der Waals surface area contributed by atoms with Crippen molar-refractivity contribution < 1.29 is 9.47 Å². The normalized spacial score (nSPS) is 11.8. The lowest BCUT2D eigenvalue weighted by Gasteiger charge is -2.17. The molecule has 26 heavy (non-hydrogen) atoms. The van der Waals surface area contributed by atoms with E-state index in [-0.39, 0.29) is 6.04 Å². The number of nitrogens with one attached hydrogen (secondary N) is 1. The molecule has 0 saturated carbocycles. The zero-order valence-electron chi connectivity index (χ0n) is 15.4. The molecule has 0 amide bonds. The Morgan fingerprint density at radius 2 is 1.58 bits per heavy atom. The molecule has 3 rings (SSSR count). The molecule has 3 aromatic rings. The van der Waals surface area contributed by atoms with Crippen LogP contribution in [0.25, 0.3) is 11.1 Å². The van der Waals surface area contributed by atoms with Gasteiger partial charge < -0.3 is 14.8 Å². The average molecular weight is 348 g/mol. The molecule has 1 atom stereocenters. The Balaban J connectivity index is 1.68. The fourth-order valence-electron chi connectivity index (χ4n) is 2.98. The summed E-state index contributed by atoms with van der Waals surface area (Å²) < 4.78 is 10.9. The summed E-state index contributed by atoms with van der Waals surface area (Å²) in [7, 11) is 3.32. The van der Waals surface area contributed by atoms with Gasteiger partial charge in [0.2, 0.25) is 0 Å². The van der Waals surface area contributed by atoms with Crippen LogP contribution in [0.1, 0.15) is 24.1 Å². The van der Waals surface area contributed by atoms with Gasteiger partial charge in [0, 0.05) is 30.5 Å². The van der Waals surface area contributed by atoms with Crippen molar-refractivity contribution in [1.29, 1.82) is 0 Å². The fraction of sp³-hybridized carbons (Fsp3) is 0.227. The Hall–Kier alpha value is -2.85. The molecule has 0 saturated heterocycles. The SMILES string of the molecule is COc1cccc(CNC(C)c2ccc(-c3ccncc3)cc2)c1OC. The van der Waals surface area contributed by atoms with Crippen LogP contribution in [0.2, 0.25) is 0 Å². The van der Waals surface area contributed by atoms with Crippen LogP contribution in [0.5, 0.6) is 11.5 Å². The topological polar surface area (TPSA) is 43.4 Å². The number of hydrogen-bond donors (Lipinski definition) is 1. The van der Waals surface area contributed by atoms with Gasteiger partial charge in [-0.3, -0.25) is 4.98 Å². The highest BCUT2D eigenvalue weighted by Crippen LogP contribution is 2.31. The van der Waals surface area contributed by atoms with Crippen LogP contribution < -0.4 is 14.8 Å². The summed E-state index contributed by atoms with van der Waals surface area (Å²) in [6.07, 6.45) is 3.63. The van der Waals surface area contributed by atoms with Gasteiger partial charge in [0.05, 0.1) is 14.2 Å². The first-order valence-corrected chi connectivity index (χ1v) is 8.66. The number of pyridine rings is 1. The predicted octanol–water partition coefficient (Wildman–Crippen LogP) is 4.62. The number of para-hydroxylation sites is 1. The number of benzene rings is 2. The van der Waals surface area contributed by atoms with E-state index in [0.29, 0.717) is 6.54 Å². The molecular formula is C22H24N2O2. The number of rotatable bonds is 7. The number of methoxy groups -OCH3 is 2. The first-order chi connectivity index (χ1) is 12.7. The summed E-state index contributed by atoms with van der Waals surface area (Å²) in [5, 5.41) is 3.55. The third-order valence-electron chi connectivity index (χ3n) is 4.51. The van der Waals surface area contributed by atoms with Crippen molar-refractivity contribution in [2.45, 2.75) is 19.5 Å². The van der Waals surface area contributed by atoms with Crippen molar-refractivity contribution in [3.05, 3.63) is 78.1 Å². The minimum absolute atomic E-state index is 0.220. The van der Waals surface area contributed by atoms with Gasteiger partial charge in [0.25, 0.3) is 0 Å². The van der Waals surface area contributed by atoms with Gasteiger partial charge in [-0.05, 0) is 41.8 Å². The number of nitrogens with zero attached hydrogens (tertiary/aromatic N) is 1. The minimum Gasteiger partial charge on any atom is -0.493 e. The van der Waals surface area contributed by atoms with E-state index in [1.54, 1.807) is 14.2 Å². The molecule has 1 N–H and O–H groups in total. The molecule has 1 aromatic heterocycles. The fourth-order valence-corrected chi connectivity index (χ4v) is 2.98. The molecule has 134 valence electrons. The van der Waals surface area contributed by atoms with Gasteiger partial charge >= 0.3 is 0 Å². The molecule has 4 heteroatoms. The predicted molar refractivity (Wildman–Crippen MR) is 104 cm³/mol. The summed E-state index contributed by atoms with van der Waals surface area (Å²) in [4.78, 5) is 4.07. The van der Waals surface area contributed by atoms with Crippen molar-refractivity contribution >= 4 is 0 Å². The van der Waals surface area contributed by atoms with Crippen molar-refractivity contribution in [3.8, 4) is 22.6 Å².